The zero-order valence-corrected chi connectivity index (χ0v) is 17.9. The summed E-state index contributed by atoms with van der Waals surface area (Å²) >= 11 is 0. The predicted molar refractivity (Wildman–Crippen MR) is 118 cm³/mol. The molecular formula is C22H29N3O3S. The first-order chi connectivity index (χ1) is 13.9. The summed E-state index contributed by atoms with van der Waals surface area (Å²) in [6, 6.07) is 15.2. The molecular weight excluding hydrogens is 386 g/mol. The minimum absolute atomic E-state index is 0.141. The number of aryl methyl sites for hydroxylation is 1. The number of nitrogens with zero attached hydrogens (tertiary/aromatic N) is 2. The van der Waals surface area contributed by atoms with Crippen LogP contribution in [0.2, 0.25) is 0 Å². The molecule has 2 aromatic rings. The average Bonchev–Trinajstić information content (AvgIpc) is 2.71. The standard InChI is InChI=1S/C22H29N3O3S/c1-3-25(29(2,27)28)20-13-11-19(12-14-20)22(26)23-15-7-17-24-16-6-9-18-8-4-5-10-21(18)24/h4-5,8,10-14H,3,6-7,9,15-17H2,1-2H3,(H,23,26). The van der Waals surface area contributed by atoms with Crippen molar-refractivity contribution in [2.45, 2.75) is 26.2 Å². The number of benzene rings is 2. The van der Waals surface area contributed by atoms with Crippen molar-refractivity contribution in [2.75, 3.05) is 41.6 Å². The topological polar surface area (TPSA) is 69.7 Å². The molecule has 29 heavy (non-hydrogen) atoms. The Morgan fingerprint density at radius 3 is 2.55 bits per heavy atom. The van der Waals surface area contributed by atoms with Crippen molar-refractivity contribution in [3.63, 3.8) is 0 Å². The molecule has 6 nitrogen and oxygen atoms in total. The molecule has 0 spiro atoms. The monoisotopic (exact) mass is 415 g/mol. The number of carbonyl (C=O) groups excluding carboxylic acids is 1. The molecule has 0 saturated heterocycles. The van der Waals surface area contributed by atoms with Crippen LogP contribution < -0.4 is 14.5 Å². The highest BCUT2D eigenvalue weighted by Gasteiger charge is 2.17. The molecule has 0 fully saturated rings. The molecule has 0 unspecified atom stereocenters. The Labute approximate surface area is 173 Å². The van der Waals surface area contributed by atoms with Crippen LogP contribution in [0.3, 0.4) is 0 Å². The number of sulfonamides is 1. The Balaban J connectivity index is 1.50. The Kier molecular flexibility index (Phi) is 6.79. The second kappa shape index (κ2) is 9.31. The van der Waals surface area contributed by atoms with E-state index in [-0.39, 0.29) is 5.91 Å². The lowest BCUT2D eigenvalue weighted by Gasteiger charge is -2.31. The van der Waals surface area contributed by atoms with Gasteiger partial charge in [-0.15, -0.1) is 0 Å². The maximum Gasteiger partial charge on any atom is 0.251 e. The van der Waals surface area contributed by atoms with Gasteiger partial charge in [0.25, 0.3) is 5.91 Å². The zero-order valence-electron chi connectivity index (χ0n) is 17.1. The van der Waals surface area contributed by atoms with Crippen LogP contribution in [0.25, 0.3) is 0 Å². The lowest BCUT2D eigenvalue weighted by Crippen LogP contribution is -2.33. The van der Waals surface area contributed by atoms with E-state index in [1.807, 2.05) is 0 Å². The third kappa shape index (κ3) is 5.29. The van der Waals surface area contributed by atoms with Crippen LogP contribution in [-0.2, 0) is 16.4 Å². The van der Waals surface area contributed by atoms with E-state index in [2.05, 4.69) is 34.5 Å². The highest BCUT2D eigenvalue weighted by molar-refractivity contribution is 7.92. The number of anilines is 2. The van der Waals surface area contributed by atoms with Gasteiger partial charge >= 0.3 is 0 Å². The number of fused-ring (bicyclic) bond motifs is 1. The van der Waals surface area contributed by atoms with E-state index in [1.165, 1.54) is 21.8 Å². The molecule has 3 rings (SSSR count). The summed E-state index contributed by atoms with van der Waals surface area (Å²) in [5.41, 5.74) is 3.81. The van der Waals surface area contributed by atoms with Gasteiger partial charge in [0.15, 0.2) is 0 Å². The van der Waals surface area contributed by atoms with Crippen LogP contribution in [0.15, 0.2) is 48.5 Å². The van der Waals surface area contributed by atoms with Crippen molar-refractivity contribution in [1.82, 2.24) is 5.32 Å². The molecule has 7 heteroatoms. The molecule has 0 atom stereocenters. The normalized spacial score (nSPS) is 13.7. The van der Waals surface area contributed by atoms with Gasteiger partial charge in [-0.1, -0.05) is 18.2 Å². The smallest absolute Gasteiger partial charge is 0.251 e. The summed E-state index contributed by atoms with van der Waals surface area (Å²) < 4.78 is 24.9. The van der Waals surface area contributed by atoms with E-state index < -0.39 is 10.0 Å². The van der Waals surface area contributed by atoms with E-state index in [1.54, 1.807) is 31.2 Å². The van der Waals surface area contributed by atoms with Gasteiger partial charge in [-0.3, -0.25) is 9.10 Å². The van der Waals surface area contributed by atoms with Gasteiger partial charge in [0.1, 0.15) is 0 Å². The predicted octanol–water partition coefficient (Wildman–Crippen LogP) is 3.05. The first kappa shape index (κ1) is 21.2. The molecule has 1 amide bonds. The first-order valence-electron chi connectivity index (χ1n) is 10.1. The lowest BCUT2D eigenvalue weighted by atomic mass is 10.0. The number of hydrogen-bond donors (Lipinski definition) is 1. The van der Waals surface area contributed by atoms with Gasteiger partial charge < -0.3 is 10.2 Å². The highest BCUT2D eigenvalue weighted by atomic mass is 32.2. The molecule has 0 bridgehead atoms. The van der Waals surface area contributed by atoms with Crippen LogP contribution in [0, 0.1) is 0 Å². The van der Waals surface area contributed by atoms with Crippen molar-refractivity contribution in [3.05, 3.63) is 59.7 Å². The van der Waals surface area contributed by atoms with Crippen LogP contribution in [-0.4, -0.2) is 46.8 Å². The molecule has 2 aromatic carbocycles. The lowest BCUT2D eigenvalue weighted by molar-refractivity contribution is 0.0953. The summed E-state index contributed by atoms with van der Waals surface area (Å²) in [4.78, 5) is 14.8. The summed E-state index contributed by atoms with van der Waals surface area (Å²) in [5.74, 6) is -0.141. The van der Waals surface area contributed by atoms with Crippen molar-refractivity contribution < 1.29 is 13.2 Å². The number of hydrogen-bond acceptors (Lipinski definition) is 4. The zero-order chi connectivity index (χ0) is 20.9. The van der Waals surface area contributed by atoms with Gasteiger partial charge in [-0.2, -0.15) is 0 Å². The number of para-hydroxylation sites is 1. The fourth-order valence-corrected chi connectivity index (χ4v) is 4.78. The minimum atomic E-state index is -3.32. The second-order valence-corrected chi connectivity index (χ2v) is 9.21. The summed E-state index contributed by atoms with van der Waals surface area (Å²) in [5, 5.41) is 2.96. The van der Waals surface area contributed by atoms with Crippen molar-refractivity contribution >= 4 is 27.3 Å². The molecule has 156 valence electrons. The number of carbonyl (C=O) groups is 1. The molecule has 1 aliphatic heterocycles. The van der Waals surface area contributed by atoms with Gasteiger partial charge in [0.2, 0.25) is 10.0 Å². The van der Waals surface area contributed by atoms with E-state index in [0.717, 1.165) is 32.4 Å². The summed E-state index contributed by atoms with van der Waals surface area (Å²) in [6.07, 6.45) is 4.35. The van der Waals surface area contributed by atoms with Gasteiger partial charge in [-0.05, 0) is 62.1 Å². The largest absolute Gasteiger partial charge is 0.371 e. The van der Waals surface area contributed by atoms with Crippen molar-refractivity contribution in [1.29, 1.82) is 0 Å². The minimum Gasteiger partial charge on any atom is -0.371 e. The molecule has 0 saturated carbocycles. The first-order valence-corrected chi connectivity index (χ1v) is 11.9. The van der Waals surface area contributed by atoms with Gasteiger partial charge in [0.05, 0.1) is 11.9 Å². The number of rotatable bonds is 8. The van der Waals surface area contributed by atoms with Crippen molar-refractivity contribution in [3.8, 4) is 0 Å². The van der Waals surface area contributed by atoms with E-state index in [0.29, 0.717) is 24.3 Å². The van der Waals surface area contributed by atoms with E-state index >= 15 is 0 Å². The SMILES string of the molecule is CCN(c1ccc(C(=O)NCCCN2CCCc3ccccc32)cc1)S(C)(=O)=O. The fourth-order valence-electron chi connectivity index (χ4n) is 3.81. The van der Waals surface area contributed by atoms with E-state index in [4.69, 9.17) is 0 Å². The van der Waals surface area contributed by atoms with Crippen LogP contribution >= 0.6 is 0 Å². The molecule has 0 aromatic heterocycles. The molecule has 0 aliphatic carbocycles. The number of amides is 1. The number of nitrogens with one attached hydrogen (secondary N) is 1. The highest BCUT2D eigenvalue weighted by Crippen LogP contribution is 2.26. The molecule has 1 aliphatic rings. The Morgan fingerprint density at radius 2 is 1.86 bits per heavy atom. The van der Waals surface area contributed by atoms with E-state index in [9.17, 15) is 13.2 Å². The quantitative estimate of drug-likeness (QED) is 0.673. The van der Waals surface area contributed by atoms with Crippen LogP contribution in [0.5, 0.6) is 0 Å². The Morgan fingerprint density at radius 1 is 1.14 bits per heavy atom. The Bertz CT molecular complexity index is 942. The average molecular weight is 416 g/mol. The maximum atomic E-state index is 12.4. The third-order valence-electron chi connectivity index (χ3n) is 5.20. The summed E-state index contributed by atoms with van der Waals surface area (Å²) in [6.45, 7) is 4.70. The van der Waals surface area contributed by atoms with Gasteiger partial charge in [0, 0.05) is 37.4 Å². The Hall–Kier alpha value is -2.54. The van der Waals surface area contributed by atoms with Crippen LogP contribution in [0.4, 0.5) is 11.4 Å². The maximum absolute atomic E-state index is 12.4. The molecule has 1 heterocycles. The second-order valence-electron chi connectivity index (χ2n) is 7.30. The molecule has 1 N–H and O–H groups in total. The summed E-state index contributed by atoms with van der Waals surface area (Å²) in [7, 11) is -3.32. The van der Waals surface area contributed by atoms with Crippen molar-refractivity contribution in [2.24, 2.45) is 0 Å². The third-order valence-corrected chi connectivity index (χ3v) is 6.47. The van der Waals surface area contributed by atoms with Crippen LogP contribution in [0.1, 0.15) is 35.7 Å². The van der Waals surface area contributed by atoms with Gasteiger partial charge in [-0.25, -0.2) is 8.42 Å². The fraction of sp³-hybridized carbons (Fsp3) is 0.409. The molecule has 0 radical (unpaired) electrons.